The molecule has 0 fully saturated rings. The molecule has 76 valence electrons. The van der Waals surface area contributed by atoms with Crippen LogP contribution in [0.5, 0.6) is 0 Å². The second-order valence-corrected chi connectivity index (χ2v) is 5.80. The van der Waals surface area contributed by atoms with E-state index in [1.807, 2.05) is 0 Å². The van der Waals surface area contributed by atoms with Crippen molar-refractivity contribution < 1.29 is 19.3 Å². The Kier molecular flexibility index (Phi) is 3.94. The fourth-order valence-electron chi connectivity index (χ4n) is 0.855. The van der Waals surface area contributed by atoms with Crippen LogP contribution in [-0.2, 0) is 4.57 Å². The van der Waals surface area contributed by atoms with Crippen LogP contribution in [0.2, 0.25) is 0 Å². The third kappa shape index (κ3) is 3.94. The van der Waals surface area contributed by atoms with Crippen LogP contribution < -0.4 is 10.4 Å². The lowest BCUT2D eigenvalue weighted by Gasteiger charge is -2.25. The fourth-order valence-corrected chi connectivity index (χ4v) is 2.02. The largest absolute Gasteiger partial charge is 0.530 e. The van der Waals surface area contributed by atoms with Crippen molar-refractivity contribution >= 4 is 19.4 Å². The average molecular weight is 207 g/mol. The summed E-state index contributed by atoms with van der Waals surface area (Å²) in [5.41, 5.74) is 0. The molecule has 0 aliphatic heterocycles. The predicted molar refractivity (Wildman–Crippen MR) is 45.8 cm³/mol. The Morgan fingerprint density at radius 1 is 1.46 bits per heavy atom. The maximum Gasteiger partial charge on any atom is 0.328 e. The summed E-state index contributed by atoms with van der Waals surface area (Å²) in [7, 11) is -2.76. The molecule has 7 heteroatoms. The van der Waals surface area contributed by atoms with Crippen molar-refractivity contribution in [2.24, 2.45) is 0 Å². The van der Waals surface area contributed by atoms with Crippen molar-refractivity contribution in [2.45, 2.75) is 6.92 Å². The highest BCUT2D eigenvalue weighted by molar-refractivity contribution is 7.60. The zero-order valence-corrected chi connectivity index (χ0v) is 8.63. The number of hydrogen-bond acceptors (Lipinski definition) is 4. The number of carboxylic acid groups (broad SMARTS) is 1. The molecule has 3 amide bonds. The van der Waals surface area contributed by atoms with Gasteiger partial charge < -0.3 is 14.5 Å². The molecular weight excluding hydrogens is 195 g/mol. The van der Waals surface area contributed by atoms with Gasteiger partial charge in [0, 0.05) is 19.9 Å². The normalized spacial score (nSPS) is 10.7. The summed E-state index contributed by atoms with van der Waals surface area (Å²) in [6, 6.07) is -0.907. The van der Waals surface area contributed by atoms with Gasteiger partial charge in [-0.1, -0.05) is 0 Å². The van der Waals surface area contributed by atoms with Gasteiger partial charge in [-0.25, -0.2) is 4.79 Å². The highest BCUT2D eigenvalue weighted by Gasteiger charge is 2.23. The smallest absolute Gasteiger partial charge is 0.328 e. The summed E-state index contributed by atoms with van der Waals surface area (Å²) in [6.07, 6.45) is -1.70. The minimum Gasteiger partial charge on any atom is -0.530 e. The van der Waals surface area contributed by atoms with Crippen LogP contribution in [0.1, 0.15) is 6.92 Å². The molecule has 0 aromatic heterocycles. The van der Waals surface area contributed by atoms with E-state index < -0.39 is 19.4 Å². The lowest BCUT2D eigenvalue weighted by molar-refractivity contribution is -0.249. The van der Waals surface area contributed by atoms with Crippen molar-refractivity contribution in [3.05, 3.63) is 0 Å². The van der Waals surface area contributed by atoms with Crippen LogP contribution in [0.4, 0.5) is 9.59 Å². The molecule has 0 spiro atoms. The van der Waals surface area contributed by atoms with Crippen molar-refractivity contribution in [3.63, 3.8) is 0 Å². The molecule has 0 unspecified atom stereocenters. The van der Waals surface area contributed by atoms with Crippen molar-refractivity contribution in [1.82, 2.24) is 9.99 Å². The van der Waals surface area contributed by atoms with E-state index in [9.17, 15) is 19.3 Å². The zero-order chi connectivity index (χ0) is 10.6. The van der Waals surface area contributed by atoms with Gasteiger partial charge >= 0.3 is 6.03 Å². The van der Waals surface area contributed by atoms with E-state index in [-0.39, 0.29) is 6.54 Å². The van der Waals surface area contributed by atoms with Gasteiger partial charge in [0.2, 0.25) is 0 Å². The first-order valence-corrected chi connectivity index (χ1v) is 6.19. The first-order chi connectivity index (χ1) is 5.79. The third-order valence-corrected chi connectivity index (χ3v) is 2.95. The Hall–Kier alpha value is -1.03. The van der Waals surface area contributed by atoms with Gasteiger partial charge in [0.1, 0.15) is 6.09 Å². The van der Waals surface area contributed by atoms with Crippen molar-refractivity contribution in [1.29, 1.82) is 0 Å². The summed E-state index contributed by atoms with van der Waals surface area (Å²) < 4.78 is 12.4. The quantitative estimate of drug-likeness (QED) is 0.640. The van der Waals surface area contributed by atoms with E-state index in [0.29, 0.717) is 0 Å². The molecule has 0 bridgehead atoms. The van der Waals surface area contributed by atoms with E-state index in [0.717, 1.165) is 4.67 Å². The van der Waals surface area contributed by atoms with Crippen LogP contribution in [0, 0.1) is 0 Å². The van der Waals surface area contributed by atoms with Gasteiger partial charge in [-0.2, -0.15) is 0 Å². The molecule has 0 aliphatic rings. The molecule has 0 heterocycles. The molecule has 0 aliphatic carbocycles. The van der Waals surface area contributed by atoms with Crippen LogP contribution in [0.15, 0.2) is 0 Å². The highest BCUT2D eigenvalue weighted by Crippen LogP contribution is 2.40. The number of amides is 3. The third-order valence-electron chi connectivity index (χ3n) is 1.32. The highest BCUT2D eigenvalue weighted by atomic mass is 31.2. The first-order valence-electron chi connectivity index (χ1n) is 3.64. The molecule has 0 aromatic carbocycles. The van der Waals surface area contributed by atoms with Gasteiger partial charge in [-0.15, -0.1) is 0 Å². The standard InChI is InChI=1S/C6H13N2O4P/c1-4-8(13(2,3)12)5(9)7-6(10)11/h4H2,1-3H3,(H,7,9)(H,10,11)/p-1. The van der Waals surface area contributed by atoms with Gasteiger partial charge in [0.25, 0.3) is 0 Å². The van der Waals surface area contributed by atoms with Crippen molar-refractivity contribution in [3.8, 4) is 0 Å². The maximum atomic E-state index is 11.4. The molecule has 6 nitrogen and oxygen atoms in total. The maximum absolute atomic E-state index is 11.4. The lowest BCUT2D eigenvalue weighted by atomic mass is 10.7. The average Bonchev–Trinajstić information content (AvgIpc) is 1.82. The van der Waals surface area contributed by atoms with Gasteiger partial charge in [0.05, 0.1) is 0 Å². The first kappa shape index (κ1) is 12.0. The van der Waals surface area contributed by atoms with E-state index in [1.165, 1.54) is 18.6 Å². The van der Waals surface area contributed by atoms with Gasteiger partial charge in [-0.3, -0.25) is 9.99 Å². The van der Waals surface area contributed by atoms with Crippen LogP contribution in [0.3, 0.4) is 0 Å². The topological polar surface area (TPSA) is 89.5 Å². The molecule has 0 atom stereocenters. The van der Waals surface area contributed by atoms with Crippen LogP contribution in [0.25, 0.3) is 0 Å². The molecule has 0 aromatic rings. The van der Waals surface area contributed by atoms with E-state index in [1.54, 1.807) is 6.92 Å². The predicted octanol–water partition coefficient (Wildman–Crippen LogP) is -0.101. The summed E-state index contributed by atoms with van der Waals surface area (Å²) >= 11 is 0. The van der Waals surface area contributed by atoms with E-state index >= 15 is 0 Å². The summed E-state index contributed by atoms with van der Waals surface area (Å²) in [5, 5.41) is 11.5. The number of hydrogen-bond donors (Lipinski definition) is 1. The van der Waals surface area contributed by atoms with Crippen LogP contribution in [-0.4, -0.2) is 36.7 Å². The molecule has 13 heavy (non-hydrogen) atoms. The number of rotatable bonds is 2. The number of nitrogens with zero attached hydrogens (tertiary/aromatic N) is 1. The number of carbonyl (C=O) groups excluding carboxylic acids is 2. The monoisotopic (exact) mass is 207 g/mol. The Bertz CT molecular complexity index is 259. The molecule has 1 N–H and O–H groups in total. The van der Waals surface area contributed by atoms with Gasteiger partial charge in [0.15, 0.2) is 7.29 Å². The lowest BCUT2D eigenvalue weighted by Crippen LogP contribution is -2.46. The molecule has 0 saturated heterocycles. The van der Waals surface area contributed by atoms with E-state index in [2.05, 4.69) is 0 Å². The number of imide groups is 1. The molecular formula is C6H12N2O4P-. The summed E-state index contributed by atoms with van der Waals surface area (Å²) in [4.78, 5) is 21.1. The van der Waals surface area contributed by atoms with E-state index in [4.69, 9.17) is 0 Å². The minimum absolute atomic E-state index is 0.184. The minimum atomic E-state index is -2.76. The Morgan fingerprint density at radius 2 is 1.92 bits per heavy atom. The Labute approximate surface area is 76.3 Å². The Balaban J connectivity index is 4.52. The molecule has 0 radical (unpaired) electrons. The molecule has 0 saturated carbocycles. The number of carbonyl (C=O) groups is 2. The summed E-state index contributed by atoms with van der Waals surface area (Å²) in [5.74, 6) is 0. The number of nitrogens with one attached hydrogen (secondary N) is 1. The van der Waals surface area contributed by atoms with Crippen LogP contribution >= 0.6 is 7.29 Å². The Morgan fingerprint density at radius 3 is 2.15 bits per heavy atom. The SMILES string of the molecule is CCN(C(=O)NC(=O)[O-])P(C)(C)=O. The number of urea groups is 1. The molecule has 0 rings (SSSR count). The second kappa shape index (κ2) is 4.28. The van der Waals surface area contributed by atoms with Gasteiger partial charge in [-0.05, 0) is 6.92 Å². The zero-order valence-electron chi connectivity index (χ0n) is 7.73. The van der Waals surface area contributed by atoms with Crippen molar-refractivity contribution in [2.75, 3.05) is 19.9 Å². The second-order valence-electron chi connectivity index (χ2n) is 2.73. The summed E-state index contributed by atoms with van der Waals surface area (Å²) in [6.45, 7) is 4.55. The fraction of sp³-hybridized carbons (Fsp3) is 0.667.